The summed E-state index contributed by atoms with van der Waals surface area (Å²) in [5, 5.41) is 14.9. The lowest BCUT2D eigenvalue weighted by Gasteiger charge is -2.38. The second-order valence-electron chi connectivity index (χ2n) is 8.40. The number of fused-ring (bicyclic) bond motifs is 1. The second kappa shape index (κ2) is 8.77. The maximum Gasteiger partial charge on any atom is 0.291 e. The number of piperidine rings is 1. The molecule has 0 radical (unpaired) electrons. The number of methoxy groups -OCH3 is 1. The number of benzene rings is 2. The van der Waals surface area contributed by atoms with E-state index in [4.69, 9.17) is 13.6 Å². The van der Waals surface area contributed by atoms with Crippen LogP contribution in [0.2, 0.25) is 0 Å². The zero-order chi connectivity index (χ0) is 22.8. The SMILES string of the molecule is COc1ccccc1NC(=O)c1cc2cc(C3(O)CCN(Cc4ccco4)CC3)ccc2o1. The van der Waals surface area contributed by atoms with Gasteiger partial charge in [0, 0.05) is 18.5 Å². The van der Waals surface area contributed by atoms with Crippen LogP contribution in [0.4, 0.5) is 5.69 Å². The first-order valence-electron chi connectivity index (χ1n) is 11.0. The molecule has 0 bridgehead atoms. The van der Waals surface area contributed by atoms with Crippen LogP contribution in [0.5, 0.6) is 5.75 Å². The monoisotopic (exact) mass is 446 g/mol. The highest BCUT2D eigenvalue weighted by Gasteiger charge is 2.34. The van der Waals surface area contributed by atoms with Gasteiger partial charge in [-0.05, 0) is 60.9 Å². The van der Waals surface area contributed by atoms with Crippen LogP contribution in [0.15, 0.2) is 75.8 Å². The van der Waals surface area contributed by atoms with Gasteiger partial charge in [0.2, 0.25) is 0 Å². The Hall–Kier alpha value is -3.55. The van der Waals surface area contributed by atoms with E-state index in [9.17, 15) is 9.90 Å². The van der Waals surface area contributed by atoms with Gasteiger partial charge in [0.1, 0.15) is 17.1 Å². The number of likely N-dealkylation sites (tertiary alicyclic amines) is 1. The van der Waals surface area contributed by atoms with Gasteiger partial charge in [0.05, 0.1) is 31.2 Å². The number of furan rings is 2. The number of aliphatic hydroxyl groups is 1. The number of hydrogen-bond acceptors (Lipinski definition) is 6. The van der Waals surface area contributed by atoms with Crippen molar-refractivity contribution in [1.29, 1.82) is 0 Å². The van der Waals surface area contributed by atoms with E-state index < -0.39 is 5.60 Å². The number of nitrogens with one attached hydrogen (secondary N) is 1. The molecule has 4 aromatic rings. The van der Waals surface area contributed by atoms with Gasteiger partial charge < -0.3 is 24.0 Å². The van der Waals surface area contributed by atoms with Crippen LogP contribution < -0.4 is 10.1 Å². The maximum atomic E-state index is 12.7. The molecule has 3 heterocycles. The first-order chi connectivity index (χ1) is 16.0. The molecule has 1 saturated heterocycles. The molecular weight excluding hydrogens is 420 g/mol. The minimum absolute atomic E-state index is 0.202. The van der Waals surface area contributed by atoms with Crippen molar-refractivity contribution >= 4 is 22.6 Å². The Labute approximate surface area is 191 Å². The van der Waals surface area contributed by atoms with Crippen molar-refractivity contribution in [3.63, 3.8) is 0 Å². The van der Waals surface area contributed by atoms with Crippen LogP contribution in [-0.4, -0.2) is 36.1 Å². The predicted octanol–water partition coefficient (Wildman–Crippen LogP) is 4.77. The number of para-hydroxylation sites is 2. The van der Waals surface area contributed by atoms with Crippen LogP contribution in [0.25, 0.3) is 11.0 Å². The van der Waals surface area contributed by atoms with Crippen molar-refractivity contribution in [2.75, 3.05) is 25.5 Å². The Morgan fingerprint density at radius 3 is 2.70 bits per heavy atom. The molecule has 0 saturated carbocycles. The van der Waals surface area contributed by atoms with E-state index in [1.54, 1.807) is 31.6 Å². The third kappa shape index (κ3) is 4.37. The van der Waals surface area contributed by atoms with E-state index in [-0.39, 0.29) is 11.7 Å². The van der Waals surface area contributed by atoms with Gasteiger partial charge in [-0.3, -0.25) is 9.69 Å². The van der Waals surface area contributed by atoms with Gasteiger partial charge in [-0.2, -0.15) is 0 Å². The normalized spacial score (nSPS) is 16.1. The third-order valence-corrected chi connectivity index (χ3v) is 6.28. The lowest BCUT2D eigenvalue weighted by molar-refractivity contribution is -0.0288. The van der Waals surface area contributed by atoms with E-state index in [2.05, 4.69) is 10.2 Å². The van der Waals surface area contributed by atoms with Gasteiger partial charge in [-0.25, -0.2) is 0 Å². The molecule has 5 rings (SSSR count). The maximum absolute atomic E-state index is 12.7. The number of ether oxygens (including phenoxy) is 1. The van der Waals surface area contributed by atoms with Gasteiger partial charge >= 0.3 is 0 Å². The molecule has 33 heavy (non-hydrogen) atoms. The van der Waals surface area contributed by atoms with E-state index in [1.807, 2.05) is 42.5 Å². The highest BCUT2D eigenvalue weighted by molar-refractivity contribution is 6.05. The Bertz CT molecular complexity index is 1250. The first-order valence-corrected chi connectivity index (χ1v) is 11.0. The van der Waals surface area contributed by atoms with E-state index in [0.29, 0.717) is 29.9 Å². The van der Waals surface area contributed by atoms with Crippen molar-refractivity contribution in [1.82, 2.24) is 4.90 Å². The number of carbonyl (C=O) groups is 1. The fourth-order valence-electron chi connectivity index (χ4n) is 4.37. The molecule has 0 spiro atoms. The zero-order valence-electron chi connectivity index (χ0n) is 18.4. The summed E-state index contributed by atoms with van der Waals surface area (Å²) in [7, 11) is 1.56. The van der Waals surface area contributed by atoms with E-state index >= 15 is 0 Å². The van der Waals surface area contributed by atoms with Crippen molar-refractivity contribution in [3.8, 4) is 5.75 Å². The molecule has 2 N–H and O–H groups in total. The fourth-order valence-corrected chi connectivity index (χ4v) is 4.37. The van der Waals surface area contributed by atoms with Crippen LogP contribution >= 0.6 is 0 Å². The second-order valence-corrected chi connectivity index (χ2v) is 8.40. The summed E-state index contributed by atoms with van der Waals surface area (Å²) in [5.74, 6) is 1.35. The molecule has 1 amide bonds. The van der Waals surface area contributed by atoms with Crippen LogP contribution in [0, 0.1) is 0 Å². The quantitative estimate of drug-likeness (QED) is 0.444. The molecule has 7 heteroatoms. The topological polar surface area (TPSA) is 88.1 Å². The average molecular weight is 447 g/mol. The lowest BCUT2D eigenvalue weighted by atomic mass is 9.84. The smallest absolute Gasteiger partial charge is 0.291 e. The van der Waals surface area contributed by atoms with E-state index in [1.165, 1.54) is 0 Å². The van der Waals surface area contributed by atoms with Gasteiger partial charge in [-0.15, -0.1) is 0 Å². The molecule has 1 aliphatic rings. The molecule has 0 atom stereocenters. The van der Waals surface area contributed by atoms with Crippen molar-refractivity contribution in [2.45, 2.75) is 25.0 Å². The summed E-state index contributed by atoms with van der Waals surface area (Å²) < 4.78 is 16.5. The molecule has 170 valence electrons. The number of hydrogen-bond donors (Lipinski definition) is 2. The van der Waals surface area contributed by atoms with Gasteiger partial charge in [0.25, 0.3) is 5.91 Å². The molecular formula is C26H26N2O5. The molecule has 0 aliphatic carbocycles. The summed E-state index contributed by atoms with van der Waals surface area (Å²) in [5.41, 5.74) is 1.10. The first kappa shape index (κ1) is 21.3. The van der Waals surface area contributed by atoms with Crippen LogP contribution in [-0.2, 0) is 12.1 Å². The number of amides is 1. The highest BCUT2D eigenvalue weighted by atomic mass is 16.5. The molecule has 2 aromatic heterocycles. The summed E-state index contributed by atoms with van der Waals surface area (Å²) in [6.07, 6.45) is 2.93. The zero-order valence-corrected chi connectivity index (χ0v) is 18.4. The minimum Gasteiger partial charge on any atom is -0.495 e. The van der Waals surface area contributed by atoms with Crippen LogP contribution in [0.1, 0.15) is 34.7 Å². The molecule has 2 aromatic carbocycles. The van der Waals surface area contributed by atoms with Crippen LogP contribution in [0.3, 0.4) is 0 Å². The van der Waals surface area contributed by atoms with Crippen molar-refractivity contribution in [3.05, 3.63) is 84.0 Å². The Morgan fingerprint density at radius 1 is 1.12 bits per heavy atom. The minimum atomic E-state index is -0.912. The summed E-state index contributed by atoms with van der Waals surface area (Å²) >= 11 is 0. The Morgan fingerprint density at radius 2 is 1.94 bits per heavy atom. The summed E-state index contributed by atoms with van der Waals surface area (Å²) in [6, 6.07) is 18.4. The number of nitrogens with zero attached hydrogens (tertiary/aromatic N) is 1. The highest BCUT2D eigenvalue weighted by Crippen LogP contribution is 2.35. The Balaban J connectivity index is 1.30. The number of anilines is 1. The van der Waals surface area contributed by atoms with Crippen molar-refractivity contribution < 1.29 is 23.5 Å². The average Bonchev–Trinajstić information content (AvgIpc) is 3.50. The lowest BCUT2D eigenvalue weighted by Crippen LogP contribution is -2.42. The molecule has 7 nitrogen and oxygen atoms in total. The molecule has 1 fully saturated rings. The summed E-state index contributed by atoms with van der Waals surface area (Å²) in [4.78, 5) is 15.0. The van der Waals surface area contributed by atoms with Gasteiger partial charge in [-0.1, -0.05) is 18.2 Å². The van der Waals surface area contributed by atoms with Crippen molar-refractivity contribution in [2.24, 2.45) is 0 Å². The number of rotatable bonds is 6. The number of carbonyl (C=O) groups excluding carboxylic acids is 1. The van der Waals surface area contributed by atoms with E-state index in [0.717, 1.165) is 36.3 Å². The molecule has 0 unspecified atom stereocenters. The fraction of sp³-hybridized carbons (Fsp3) is 0.269. The third-order valence-electron chi connectivity index (χ3n) is 6.28. The molecule has 1 aliphatic heterocycles. The largest absolute Gasteiger partial charge is 0.495 e. The summed E-state index contributed by atoms with van der Waals surface area (Å²) in [6.45, 7) is 2.29. The predicted molar refractivity (Wildman–Crippen MR) is 124 cm³/mol. The van der Waals surface area contributed by atoms with Gasteiger partial charge in [0.15, 0.2) is 5.76 Å². The standard InChI is InChI=1S/C26H26N2O5/c1-31-23-7-3-2-6-21(23)27-25(29)24-16-18-15-19(8-9-22(18)33-24)26(30)10-12-28(13-11-26)17-20-5-4-14-32-20/h2-9,14-16,30H,10-13,17H2,1H3,(H,27,29). The Kier molecular flexibility index (Phi) is 5.66.